The van der Waals surface area contributed by atoms with Crippen LogP contribution in [0.15, 0.2) is 273 Å². The molecule has 334 valence electrons. The predicted molar refractivity (Wildman–Crippen MR) is 301 cm³/mol. The minimum atomic E-state index is -0.778. The Kier molecular flexibility index (Phi) is 9.61. The summed E-state index contributed by atoms with van der Waals surface area (Å²) in [6.07, 6.45) is 0. The summed E-state index contributed by atoms with van der Waals surface area (Å²) in [4.78, 5) is 5.05. The summed E-state index contributed by atoms with van der Waals surface area (Å²) in [5, 5.41) is 5.02. The topological polar surface area (TPSA) is 11.4 Å². The molecule has 4 heteroatoms. The standard InChI is InChI=1S/C67H45N3S/c1-5-19-46(20-6-1)47-33-35-50(36-34-47)69-63-31-17-14-28-57(63)58-41-38-53(44-64(58)69)68(49-23-9-3-10-24-49)52-37-40-56-55-27-13-16-30-61(55)67(62(56)43-52,48-21-7-2-8-22-48)70(51-25-11-4-12-26-51)54-39-42-60-59-29-15-18-32-65(59)71-66(60)45-54/h1-45H. The maximum atomic E-state index is 2.61. The summed E-state index contributed by atoms with van der Waals surface area (Å²) in [6.45, 7) is 0. The minimum absolute atomic E-state index is 0.778. The van der Waals surface area contributed by atoms with Crippen LogP contribution in [0.1, 0.15) is 16.7 Å². The van der Waals surface area contributed by atoms with Crippen molar-refractivity contribution in [3.8, 4) is 27.9 Å². The molecule has 14 rings (SSSR count). The van der Waals surface area contributed by atoms with Gasteiger partial charge in [0.05, 0.1) is 11.0 Å². The van der Waals surface area contributed by atoms with Crippen LogP contribution in [0.2, 0.25) is 0 Å². The predicted octanol–water partition coefficient (Wildman–Crippen LogP) is 18.4. The van der Waals surface area contributed by atoms with Gasteiger partial charge in [-0.3, -0.25) is 0 Å². The molecule has 1 aliphatic carbocycles. The maximum absolute atomic E-state index is 2.61. The molecule has 1 unspecified atom stereocenters. The van der Waals surface area contributed by atoms with E-state index >= 15 is 0 Å². The van der Waals surface area contributed by atoms with E-state index in [2.05, 4.69) is 287 Å². The molecule has 0 aliphatic heterocycles. The van der Waals surface area contributed by atoms with Crippen LogP contribution in [0.4, 0.5) is 28.4 Å². The van der Waals surface area contributed by atoms with Crippen LogP contribution in [-0.2, 0) is 5.54 Å². The van der Waals surface area contributed by atoms with Gasteiger partial charge < -0.3 is 14.4 Å². The number of rotatable bonds is 9. The fraction of sp³-hybridized carbons (Fsp3) is 0.0149. The minimum Gasteiger partial charge on any atom is -0.323 e. The number of thiophene rings is 1. The third-order valence-corrected chi connectivity index (χ3v) is 15.7. The average Bonchev–Trinajstić information content (AvgIpc) is 4.08. The van der Waals surface area contributed by atoms with Gasteiger partial charge in [-0.25, -0.2) is 0 Å². The second-order valence-electron chi connectivity index (χ2n) is 18.4. The van der Waals surface area contributed by atoms with Crippen LogP contribution < -0.4 is 9.80 Å². The van der Waals surface area contributed by atoms with Crippen molar-refractivity contribution >= 4 is 81.8 Å². The Morgan fingerprint density at radius 1 is 0.324 bits per heavy atom. The number of nitrogens with zero attached hydrogens (tertiary/aromatic N) is 3. The largest absolute Gasteiger partial charge is 0.323 e. The highest BCUT2D eigenvalue weighted by Crippen LogP contribution is 2.59. The van der Waals surface area contributed by atoms with Gasteiger partial charge >= 0.3 is 0 Å². The molecule has 0 saturated heterocycles. The lowest BCUT2D eigenvalue weighted by Crippen LogP contribution is -2.44. The molecule has 1 atom stereocenters. The van der Waals surface area contributed by atoms with E-state index in [0.29, 0.717) is 0 Å². The average molecular weight is 924 g/mol. The molecule has 13 aromatic rings. The van der Waals surface area contributed by atoms with E-state index < -0.39 is 5.54 Å². The third kappa shape index (κ3) is 6.49. The van der Waals surface area contributed by atoms with Gasteiger partial charge in [0, 0.05) is 65.1 Å². The van der Waals surface area contributed by atoms with Crippen LogP contribution in [0.25, 0.3) is 69.9 Å². The summed E-state index contributed by atoms with van der Waals surface area (Å²) in [7, 11) is 0. The third-order valence-electron chi connectivity index (χ3n) is 14.6. The van der Waals surface area contributed by atoms with E-state index in [9.17, 15) is 0 Å². The fourth-order valence-corrected chi connectivity index (χ4v) is 12.7. The van der Waals surface area contributed by atoms with E-state index in [1.54, 1.807) is 0 Å². The Hall–Kier alpha value is -8.96. The molecule has 0 radical (unpaired) electrons. The molecule has 0 N–H and O–H groups in total. The van der Waals surface area contributed by atoms with E-state index in [0.717, 1.165) is 39.6 Å². The Bertz CT molecular complexity index is 4110. The molecular formula is C67H45N3S. The molecule has 0 spiro atoms. The number of hydrogen-bond donors (Lipinski definition) is 0. The molecule has 3 nitrogen and oxygen atoms in total. The SMILES string of the molecule is c1ccc(-c2ccc(-n3c4ccccc4c4ccc(N(c5ccccc5)c5ccc6c(c5)C(c5ccccc5)(N(c5ccccc5)c5ccc7c(c5)sc5ccccc57)c5ccccc5-6)cc43)cc2)cc1. The number of fused-ring (bicyclic) bond motifs is 9. The highest BCUT2D eigenvalue weighted by Gasteiger charge is 2.50. The Balaban J connectivity index is 1.01. The van der Waals surface area contributed by atoms with Crippen molar-refractivity contribution in [1.82, 2.24) is 4.57 Å². The van der Waals surface area contributed by atoms with Gasteiger partial charge in [0.25, 0.3) is 0 Å². The molecule has 2 heterocycles. The Labute approximate surface area is 417 Å². The normalized spacial score (nSPS) is 14.0. The lowest BCUT2D eigenvalue weighted by Gasteiger charge is -2.45. The lowest BCUT2D eigenvalue weighted by atomic mass is 9.78. The maximum Gasteiger partial charge on any atom is 0.122 e. The zero-order valence-corrected chi connectivity index (χ0v) is 39.5. The van der Waals surface area contributed by atoms with Gasteiger partial charge in [0.15, 0.2) is 0 Å². The first-order valence-electron chi connectivity index (χ1n) is 24.3. The van der Waals surface area contributed by atoms with Crippen LogP contribution in [0, 0.1) is 0 Å². The number of aromatic nitrogens is 1. The molecule has 2 aromatic heterocycles. The smallest absolute Gasteiger partial charge is 0.122 e. The number of hydrogen-bond acceptors (Lipinski definition) is 3. The van der Waals surface area contributed by atoms with Crippen molar-refractivity contribution in [2.24, 2.45) is 0 Å². The van der Waals surface area contributed by atoms with E-state index in [-0.39, 0.29) is 0 Å². The van der Waals surface area contributed by atoms with Crippen molar-refractivity contribution in [3.05, 3.63) is 290 Å². The highest BCUT2D eigenvalue weighted by atomic mass is 32.1. The number of anilines is 5. The van der Waals surface area contributed by atoms with Crippen molar-refractivity contribution in [2.45, 2.75) is 5.54 Å². The van der Waals surface area contributed by atoms with Crippen LogP contribution >= 0.6 is 11.3 Å². The first kappa shape index (κ1) is 41.1. The van der Waals surface area contributed by atoms with Gasteiger partial charge in [-0.15, -0.1) is 11.3 Å². The number of benzene rings is 11. The Morgan fingerprint density at radius 3 is 1.66 bits per heavy atom. The second kappa shape index (κ2) is 16.6. The zero-order chi connectivity index (χ0) is 46.9. The van der Waals surface area contributed by atoms with E-state index in [1.807, 2.05) is 11.3 Å². The quantitative estimate of drug-likeness (QED) is 0.143. The van der Waals surface area contributed by atoms with Crippen molar-refractivity contribution in [3.63, 3.8) is 0 Å². The molecule has 0 saturated carbocycles. The lowest BCUT2D eigenvalue weighted by molar-refractivity contribution is 0.644. The Morgan fingerprint density at radius 2 is 0.873 bits per heavy atom. The second-order valence-corrected chi connectivity index (χ2v) is 19.5. The van der Waals surface area contributed by atoms with E-state index in [4.69, 9.17) is 0 Å². The monoisotopic (exact) mass is 923 g/mol. The van der Waals surface area contributed by atoms with E-state index in [1.165, 1.54) is 75.4 Å². The van der Waals surface area contributed by atoms with Gasteiger partial charge in [0.2, 0.25) is 0 Å². The molecule has 0 amide bonds. The van der Waals surface area contributed by atoms with Crippen molar-refractivity contribution < 1.29 is 0 Å². The molecule has 11 aromatic carbocycles. The summed E-state index contributed by atoms with van der Waals surface area (Å²) in [5.74, 6) is 0. The van der Waals surface area contributed by atoms with Gasteiger partial charge in [-0.05, 0) is 124 Å². The molecular weight excluding hydrogens is 879 g/mol. The van der Waals surface area contributed by atoms with Gasteiger partial charge in [-0.1, -0.05) is 188 Å². The summed E-state index contributed by atoms with van der Waals surface area (Å²) >= 11 is 1.86. The summed E-state index contributed by atoms with van der Waals surface area (Å²) < 4.78 is 4.99. The van der Waals surface area contributed by atoms with Crippen LogP contribution in [0.5, 0.6) is 0 Å². The van der Waals surface area contributed by atoms with Gasteiger partial charge in [0.1, 0.15) is 5.54 Å². The molecule has 71 heavy (non-hydrogen) atoms. The highest BCUT2D eigenvalue weighted by molar-refractivity contribution is 7.25. The molecule has 0 fully saturated rings. The zero-order valence-electron chi connectivity index (χ0n) is 38.7. The number of para-hydroxylation sites is 3. The fourth-order valence-electron chi connectivity index (χ4n) is 11.5. The van der Waals surface area contributed by atoms with Gasteiger partial charge in [-0.2, -0.15) is 0 Å². The summed E-state index contributed by atoms with van der Waals surface area (Å²) in [5.41, 5.74) is 16.7. The van der Waals surface area contributed by atoms with Crippen molar-refractivity contribution in [1.29, 1.82) is 0 Å². The summed E-state index contributed by atoms with van der Waals surface area (Å²) in [6, 6.07) is 101. The van der Waals surface area contributed by atoms with Crippen LogP contribution in [0.3, 0.4) is 0 Å². The molecule has 1 aliphatic rings. The van der Waals surface area contributed by atoms with Crippen LogP contribution in [-0.4, -0.2) is 4.57 Å². The van der Waals surface area contributed by atoms with Crippen molar-refractivity contribution in [2.75, 3.05) is 9.80 Å². The first-order valence-corrected chi connectivity index (χ1v) is 25.1. The first-order chi connectivity index (χ1) is 35.2. The molecule has 0 bridgehead atoms.